The molecule has 0 saturated carbocycles. The zero-order chi connectivity index (χ0) is 18.4. The van der Waals surface area contributed by atoms with Crippen molar-refractivity contribution in [2.24, 2.45) is 0 Å². The quantitative estimate of drug-likeness (QED) is 0.292. The highest BCUT2D eigenvalue weighted by atomic mass is 14.1. The van der Waals surface area contributed by atoms with E-state index in [0.717, 1.165) is 12.8 Å². The second-order valence-corrected chi connectivity index (χ2v) is 7.60. The predicted molar refractivity (Wildman–Crippen MR) is 120 cm³/mol. The molecule has 0 amide bonds. The summed E-state index contributed by atoms with van der Waals surface area (Å²) in [7, 11) is 0. The van der Waals surface area contributed by atoms with Crippen molar-refractivity contribution in [1.82, 2.24) is 0 Å². The van der Waals surface area contributed by atoms with Gasteiger partial charge in [0, 0.05) is 0 Å². The largest absolute Gasteiger partial charge is 0.0651 e. The molecule has 0 heteroatoms. The van der Waals surface area contributed by atoms with Crippen molar-refractivity contribution >= 4 is 43.1 Å². The first-order valence-electron chi connectivity index (χ1n) is 10.1. The maximum absolute atomic E-state index is 2.36. The number of hydrogen-bond acceptors (Lipinski definition) is 0. The predicted octanol–water partition coefficient (Wildman–Crippen LogP) is 7.81. The summed E-state index contributed by atoms with van der Waals surface area (Å²) in [6, 6.07) is 27.7. The van der Waals surface area contributed by atoms with Crippen LogP contribution in [0, 0.1) is 0 Å². The molecule has 0 N–H and O–H groups in total. The normalized spacial score (nSPS) is 11.8. The molecule has 0 saturated heterocycles. The van der Waals surface area contributed by atoms with Crippen molar-refractivity contribution in [2.45, 2.75) is 33.1 Å². The SMILES string of the molecule is CCCc1ccc2c(ccc3c2ccc2c4ccc(CC)cc4ccc23)c1. The maximum atomic E-state index is 2.36. The third-order valence-electron chi connectivity index (χ3n) is 5.91. The van der Waals surface area contributed by atoms with Crippen molar-refractivity contribution in [2.75, 3.05) is 0 Å². The Morgan fingerprint density at radius 3 is 1.48 bits per heavy atom. The molecule has 5 aromatic carbocycles. The summed E-state index contributed by atoms with van der Waals surface area (Å²) < 4.78 is 0. The topological polar surface area (TPSA) is 0 Å². The monoisotopic (exact) mass is 348 g/mol. The average Bonchev–Trinajstić information content (AvgIpc) is 2.72. The standard InChI is InChI=1S/C27H24/c1-3-5-19-7-11-23-21(17-19)9-13-27-25(23)15-14-24-22-10-6-18(4-2)16-20(22)8-12-26(24)27/h6-17H,3-5H2,1-2H3. The second-order valence-electron chi connectivity index (χ2n) is 7.60. The number of benzene rings is 5. The van der Waals surface area contributed by atoms with Crippen LogP contribution in [0.5, 0.6) is 0 Å². The minimum absolute atomic E-state index is 1.08. The first kappa shape index (κ1) is 16.3. The second kappa shape index (κ2) is 6.39. The fourth-order valence-corrected chi connectivity index (χ4v) is 4.47. The van der Waals surface area contributed by atoms with Gasteiger partial charge in [-0.1, -0.05) is 93.1 Å². The molecule has 0 nitrogen and oxygen atoms in total. The summed E-state index contributed by atoms with van der Waals surface area (Å²) >= 11 is 0. The summed E-state index contributed by atoms with van der Waals surface area (Å²) in [4.78, 5) is 0. The number of aryl methyl sites for hydroxylation is 2. The van der Waals surface area contributed by atoms with Crippen LogP contribution < -0.4 is 0 Å². The van der Waals surface area contributed by atoms with Crippen LogP contribution in [0.2, 0.25) is 0 Å². The number of hydrogen-bond donors (Lipinski definition) is 0. The van der Waals surface area contributed by atoms with Crippen molar-refractivity contribution in [1.29, 1.82) is 0 Å². The van der Waals surface area contributed by atoms with Crippen molar-refractivity contribution < 1.29 is 0 Å². The molecule has 0 spiro atoms. The van der Waals surface area contributed by atoms with Crippen LogP contribution in [0.1, 0.15) is 31.4 Å². The molecular weight excluding hydrogens is 324 g/mol. The van der Waals surface area contributed by atoms with Gasteiger partial charge in [0.15, 0.2) is 0 Å². The molecule has 0 radical (unpaired) electrons. The van der Waals surface area contributed by atoms with Crippen LogP contribution in [0.25, 0.3) is 43.1 Å². The first-order valence-corrected chi connectivity index (χ1v) is 10.1. The third kappa shape index (κ3) is 2.59. The number of rotatable bonds is 3. The van der Waals surface area contributed by atoms with Crippen LogP contribution >= 0.6 is 0 Å². The van der Waals surface area contributed by atoms with E-state index in [1.54, 1.807) is 0 Å². The van der Waals surface area contributed by atoms with Gasteiger partial charge in [0.2, 0.25) is 0 Å². The van der Waals surface area contributed by atoms with Crippen molar-refractivity contribution in [3.8, 4) is 0 Å². The summed E-state index contributed by atoms with van der Waals surface area (Å²) in [6.45, 7) is 4.46. The van der Waals surface area contributed by atoms with E-state index in [0.29, 0.717) is 0 Å². The molecule has 27 heavy (non-hydrogen) atoms. The highest BCUT2D eigenvalue weighted by molar-refractivity contribution is 6.22. The van der Waals surface area contributed by atoms with Crippen LogP contribution in [0.3, 0.4) is 0 Å². The van der Waals surface area contributed by atoms with Gasteiger partial charge in [0.25, 0.3) is 0 Å². The van der Waals surface area contributed by atoms with Crippen LogP contribution in [-0.2, 0) is 12.8 Å². The van der Waals surface area contributed by atoms with Crippen molar-refractivity contribution in [3.05, 3.63) is 83.9 Å². The molecule has 0 aliphatic heterocycles. The van der Waals surface area contributed by atoms with Gasteiger partial charge >= 0.3 is 0 Å². The van der Waals surface area contributed by atoms with E-state index in [4.69, 9.17) is 0 Å². The molecule has 0 bridgehead atoms. The van der Waals surface area contributed by atoms with Gasteiger partial charge in [-0.25, -0.2) is 0 Å². The van der Waals surface area contributed by atoms with Gasteiger partial charge in [-0.15, -0.1) is 0 Å². The Kier molecular flexibility index (Phi) is 3.86. The van der Waals surface area contributed by atoms with Gasteiger partial charge in [-0.05, 0) is 67.1 Å². The minimum atomic E-state index is 1.08. The molecule has 0 aliphatic carbocycles. The van der Waals surface area contributed by atoms with Gasteiger partial charge in [0.1, 0.15) is 0 Å². The highest BCUT2D eigenvalue weighted by Crippen LogP contribution is 2.35. The summed E-state index contributed by atoms with van der Waals surface area (Å²) in [5.74, 6) is 0. The van der Waals surface area contributed by atoms with Crippen molar-refractivity contribution in [3.63, 3.8) is 0 Å². The van der Waals surface area contributed by atoms with Crippen LogP contribution in [-0.4, -0.2) is 0 Å². The molecule has 132 valence electrons. The van der Waals surface area contributed by atoms with Gasteiger partial charge < -0.3 is 0 Å². The fraction of sp³-hybridized carbons (Fsp3) is 0.185. The molecule has 0 atom stereocenters. The molecular formula is C27H24. The molecule has 5 rings (SSSR count). The molecule has 0 unspecified atom stereocenters. The van der Waals surface area contributed by atoms with Gasteiger partial charge in [0.05, 0.1) is 0 Å². The highest BCUT2D eigenvalue weighted by Gasteiger charge is 2.08. The van der Waals surface area contributed by atoms with Gasteiger partial charge in [-0.3, -0.25) is 0 Å². The Balaban J connectivity index is 1.81. The third-order valence-corrected chi connectivity index (χ3v) is 5.91. The Morgan fingerprint density at radius 2 is 0.926 bits per heavy atom. The van der Waals surface area contributed by atoms with E-state index in [9.17, 15) is 0 Å². The zero-order valence-corrected chi connectivity index (χ0v) is 16.0. The Morgan fingerprint density at radius 1 is 0.481 bits per heavy atom. The average molecular weight is 348 g/mol. The van der Waals surface area contributed by atoms with Crippen LogP contribution in [0.4, 0.5) is 0 Å². The Hall–Kier alpha value is -2.86. The Labute approximate surface area is 160 Å². The summed E-state index contributed by atoms with van der Waals surface area (Å²) in [6.07, 6.45) is 3.42. The summed E-state index contributed by atoms with van der Waals surface area (Å²) in [5.41, 5.74) is 2.83. The molecule has 0 heterocycles. The first-order chi connectivity index (χ1) is 13.3. The van der Waals surface area contributed by atoms with Crippen LogP contribution in [0.15, 0.2) is 72.8 Å². The number of fused-ring (bicyclic) bond motifs is 7. The lowest BCUT2D eigenvalue weighted by Gasteiger charge is -2.11. The Bertz CT molecular complexity index is 1310. The van der Waals surface area contributed by atoms with E-state index in [1.165, 1.54) is 60.6 Å². The minimum Gasteiger partial charge on any atom is -0.0651 e. The zero-order valence-electron chi connectivity index (χ0n) is 16.0. The fourth-order valence-electron chi connectivity index (χ4n) is 4.47. The lowest BCUT2D eigenvalue weighted by atomic mass is 9.93. The lowest BCUT2D eigenvalue weighted by molar-refractivity contribution is 0.924. The van der Waals surface area contributed by atoms with Gasteiger partial charge in [-0.2, -0.15) is 0 Å². The molecule has 5 aromatic rings. The van der Waals surface area contributed by atoms with E-state index in [-0.39, 0.29) is 0 Å². The van der Waals surface area contributed by atoms with E-state index in [1.807, 2.05) is 0 Å². The summed E-state index contributed by atoms with van der Waals surface area (Å²) in [5, 5.41) is 10.8. The van der Waals surface area contributed by atoms with E-state index >= 15 is 0 Å². The maximum Gasteiger partial charge on any atom is -0.00987 e. The van der Waals surface area contributed by atoms with E-state index < -0.39 is 0 Å². The molecule has 0 fully saturated rings. The smallest absolute Gasteiger partial charge is 0.00987 e. The lowest BCUT2D eigenvalue weighted by Crippen LogP contribution is -1.86. The molecule has 0 aromatic heterocycles. The molecule has 0 aliphatic rings. The van der Waals surface area contributed by atoms with E-state index in [2.05, 4.69) is 86.6 Å².